The van der Waals surface area contributed by atoms with E-state index in [2.05, 4.69) is 39.3 Å². The molecule has 1 radical (unpaired) electrons. The quantitative estimate of drug-likeness (QED) is 0.299. The van der Waals surface area contributed by atoms with Gasteiger partial charge in [0.05, 0.1) is 6.61 Å². The highest BCUT2D eigenvalue weighted by Gasteiger charge is 2.12. The van der Waals surface area contributed by atoms with Crippen LogP contribution >= 0.6 is 22.7 Å². The third kappa shape index (κ3) is 7.30. The van der Waals surface area contributed by atoms with E-state index in [1.807, 2.05) is 22.7 Å². The molecule has 25 heavy (non-hydrogen) atoms. The summed E-state index contributed by atoms with van der Waals surface area (Å²) in [6.45, 7) is 7.64. The normalized spacial score (nSPS) is 12.8. The van der Waals surface area contributed by atoms with Crippen molar-refractivity contribution in [1.82, 2.24) is 0 Å². The standard InChI is InChI=1S/C22H35OS2/c1-4-6-8-9-10-11-12-13-15-23-22-17-21-20(25-22)16-19(24-21)18(3)14-7-5-2/h5,16-18H,4,6-15H2,1-3H3. The third-order valence-electron chi connectivity index (χ3n) is 4.82. The molecule has 0 spiro atoms. The van der Waals surface area contributed by atoms with Gasteiger partial charge in [-0.25, -0.2) is 0 Å². The Morgan fingerprint density at radius 3 is 2.32 bits per heavy atom. The molecule has 0 saturated heterocycles. The van der Waals surface area contributed by atoms with Crippen molar-refractivity contribution < 1.29 is 4.74 Å². The number of fused-ring (bicyclic) bond motifs is 1. The smallest absolute Gasteiger partial charge is 0.175 e. The number of rotatable bonds is 14. The van der Waals surface area contributed by atoms with E-state index in [0.29, 0.717) is 5.92 Å². The van der Waals surface area contributed by atoms with Crippen LogP contribution in [-0.2, 0) is 0 Å². The summed E-state index contributed by atoms with van der Waals surface area (Å²) in [5, 5.41) is 1.10. The van der Waals surface area contributed by atoms with Crippen molar-refractivity contribution in [2.75, 3.05) is 6.61 Å². The molecular weight excluding hydrogens is 344 g/mol. The van der Waals surface area contributed by atoms with Crippen molar-refractivity contribution >= 4 is 32.1 Å². The molecule has 0 N–H and O–H groups in total. The van der Waals surface area contributed by atoms with E-state index < -0.39 is 0 Å². The first kappa shape index (κ1) is 20.8. The van der Waals surface area contributed by atoms with Crippen LogP contribution < -0.4 is 4.74 Å². The van der Waals surface area contributed by atoms with Gasteiger partial charge in [-0.3, -0.25) is 0 Å². The van der Waals surface area contributed by atoms with Crippen LogP contribution in [0.3, 0.4) is 0 Å². The van der Waals surface area contributed by atoms with Gasteiger partial charge in [0.2, 0.25) is 0 Å². The Labute approximate surface area is 162 Å². The second-order valence-corrected chi connectivity index (χ2v) is 9.31. The summed E-state index contributed by atoms with van der Waals surface area (Å²) in [6.07, 6.45) is 15.5. The highest BCUT2D eigenvalue weighted by molar-refractivity contribution is 7.28. The van der Waals surface area contributed by atoms with Crippen LogP contribution in [0.25, 0.3) is 9.40 Å². The minimum absolute atomic E-state index is 0.669. The lowest BCUT2D eigenvalue weighted by Crippen LogP contribution is -1.95. The minimum Gasteiger partial charge on any atom is -0.484 e. The van der Waals surface area contributed by atoms with Crippen molar-refractivity contribution in [3.8, 4) is 5.06 Å². The zero-order valence-corrected chi connectivity index (χ0v) is 17.9. The molecule has 0 fully saturated rings. The Bertz CT molecular complexity index is 552. The van der Waals surface area contributed by atoms with E-state index in [4.69, 9.17) is 4.74 Å². The lowest BCUT2D eigenvalue weighted by molar-refractivity contribution is 0.313. The molecule has 0 aliphatic carbocycles. The van der Waals surface area contributed by atoms with Crippen molar-refractivity contribution in [1.29, 1.82) is 0 Å². The molecule has 0 aromatic carbocycles. The van der Waals surface area contributed by atoms with Crippen LogP contribution in [0.4, 0.5) is 0 Å². The highest BCUT2D eigenvalue weighted by Crippen LogP contribution is 2.40. The van der Waals surface area contributed by atoms with Gasteiger partial charge in [-0.05, 0) is 37.7 Å². The van der Waals surface area contributed by atoms with Gasteiger partial charge >= 0.3 is 0 Å². The number of hydrogen-bond acceptors (Lipinski definition) is 3. The van der Waals surface area contributed by atoms with Crippen molar-refractivity contribution in [3.63, 3.8) is 0 Å². The molecule has 2 heterocycles. The largest absolute Gasteiger partial charge is 0.484 e. The molecule has 2 aromatic rings. The summed E-state index contributed by atoms with van der Waals surface area (Å²) < 4.78 is 8.78. The maximum atomic E-state index is 5.98. The SMILES string of the molecule is C[CH]CCC(C)c1cc2sc(OCCCCCCCCCC)cc2s1. The van der Waals surface area contributed by atoms with Gasteiger partial charge in [0.1, 0.15) is 0 Å². The van der Waals surface area contributed by atoms with Crippen LogP contribution in [0.2, 0.25) is 0 Å². The van der Waals surface area contributed by atoms with E-state index in [9.17, 15) is 0 Å². The summed E-state index contributed by atoms with van der Waals surface area (Å²) in [7, 11) is 0. The topological polar surface area (TPSA) is 9.23 Å². The first-order chi connectivity index (χ1) is 12.2. The first-order valence-electron chi connectivity index (χ1n) is 10.2. The number of unbranched alkanes of at least 4 members (excludes halogenated alkanes) is 8. The van der Waals surface area contributed by atoms with Crippen LogP contribution in [0.1, 0.15) is 95.8 Å². The summed E-state index contributed by atoms with van der Waals surface area (Å²) in [6, 6.07) is 4.63. The lowest BCUT2D eigenvalue weighted by Gasteiger charge is -2.07. The fraction of sp³-hybridized carbons (Fsp3) is 0.682. The molecule has 1 unspecified atom stereocenters. The third-order valence-corrected chi connectivity index (χ3v) is 7.26. The Kier molecular flexibility index (Phi) is 9.93. The molecule has 2 aromatic heterocycles. The van der Waals surface area contributed by atoms with E-state index in [1.54, 1.807) is 0 Å². The van der Waals surface area contributed by atoms with Crippen LogP contribution in [0, 0.1) is 6.42 Å². The number of ether oxygens (including phenoxy) is 1. The van der Waals surface area contributed by atoms with Gasteiger partial charge in [-0.15, -0.1) is 11.3 Å². The van der Waals surface area contributed by atoms with E-state index in [-0.39, 0.29) is 0 Å². The summed E-state index contributed by atoms with van der Waals surface area (Å²) in [5.41, 5.74) is 0. The molecule has 0 aliphatic rings. The van der Waals surface area contributed by atoms with Crippen LogP contribution in [-0.4, -0.2) is 6.61 Å². The molecular formula is C22H35OS2. The molecule has 2 rings (SSSR count). The second-order valence-electron chi connectivity index (χ2n) is 7.15. The van der Waals surface area contributed by atoms with Gasteiger partial charge < -0.3 is 4.74 Å². The fourth-order valence-corrected chi connectivity index (χ4v) is 5.47. The van der Waals surface area contributed by atoms with Crippen LogP contribution in [0.5, 0.6) is 5.06 Å². The number of hydrogen-bond donors (Lipinski definition) is 0. The zero-order chi connectivity index (χ0) is 17.9. The molecule has 141 valence electrons. The summed E-state index contributed by atoms with van der Waals surface area (Å²) >= 11 is 3.77. The maximum Gasteiger partial charge on any atom is 0.175 e. The summed E-state index contributed by atoms with van der Waals surface area (Å²) in [5.74, 6) is 0.669. The van der Waals surface area contributed by atoms with Crippen molar-refractivity contribution in [2.45, 2.75) is 90.9 Å². The lowest BCUT2D eigenvalue weighted by atomic mass is 10.0. The minimum atomic E-state index is 0.669. The Balaban J connectivity index is 1.64. The molecule has 0 bridgehead atoms. The fourth-order valence-electron chi connectivity index (χ4n) is 3.11. The average molecular weight is 380 g/mol. The van der Waals surface area contributed by atoms with Gasteiger partial charge in [0, 0.05) is 20.3 Å². The maximum absolute atomic E-state index is 5.98. The predicted octanol–water partition coefficient (Wildman–Crippen LogP) is 8.59. The second kappa shape index (κ2) is 12.0. The molecule has 0 saturated carbocycles. The monoisotopic (exact) mass is 379 g/mol. The van der Waals surface area contributed by atoms with Gasteiger partial charge in [0.25, 0.3) is 0 Å². The zero-order valence-electron chi connectivity index (χ0n) is 16.3. The molecule has 1 nitrogen and oxygen atoms in total. The van der Waals surface area contributed by atoms with Gasteiger partial charge in [0.15, 0.2) is 5.06 Å². The molecule has 3 heteroatoms. The van der Waals surface area contributed by atoms with Crippen molar-refractivity contribution in [2.24, 2.45) is 0 Å². The summed E-state index contributed by atoms with van der Waals surface area (Å²) in [4.78, 5) is 1.53. The van der Waals surface area contributed by atoms with E-state index >= 15 is 0 Å². The number of thiophene rings is 2. The Morgan fingerprint density at radius 1 is 0.960 bits per heavy atom. The van der Waals surface area contributed by atoms with E-state index in [0.717, 1.165) is 11.7 Å². The first-order valence-corrected chi connectivity index (χ1v) is 11.8. The van der Waals surface area contributed by atoms with E-state index in [1.165, 1.54) is 78.5 Å². The Hall–Kier alpha value is -0.540. The average Bonchev–Trinajstić information content (AvgIpc) is 3.17. The molecule has 1 atom stereocenters. The van der Waals surface area contributed by atoms with Crippen LogP contribution in [0.15, 0.2) is 12.1 Å². The Morgan fingerprint density at radius 2 is 1.64 bits per heavy atom. The predicted molar refractivity (Wildman–Crippen MR) is 115 cm³/mol. The van der Waals surface area contributed by atoms with Gasteiger partial charge in [-0.1, -0.05) is 77.1 Å². The van der Waals surface area contributed by atoms with Crippen molar-refractivity contribution in [3.05, 3.63) is 23.4 Å². The highest BCUT2D eigenvalue weighted by atomic mass is 32.1. The van der Waals surface area contributed by atoms with Gasteiger partial charge in [-0.2, -0.15) is 0 Å². The molecule has 0 aliphatic heterocycles. The molecule has 0 amide bonds.